The lowest BCUT2D eigenvalue weighted by molar-refractivity contribution is 0.111. The summed E-state index contributed by atoms with van der Waals surface area (Å²) in [4.78, 5) is 6.20. The molecule has 0 saturated carbocycles. The SMILES string of the molecule is CCc1nc(CC2CCCO2)sc1CNCC(C)C. The third-order valence-electron chi connectivity index (χ3n) is 3.42. The van der Waals surface area contributed by atoms with Gasteiger partial charge in [-0.3, -0.25) is 0 Å². The summed E-state index contributed by atoms with van der Waals surface area (Å²) >= 11 is 1.87. The second-order valence-electron chi connectivity index (χ2n) is 5.69. The van der Waals surface area contributed by atoms with Crippen molar-refractivity contribution in [2.45, 2.75) is 59.1 Å². The van der Waals surface area contributed by atoms with Crippen molar-refractivity contribution in [3.8, 4) is 0 Å². The summed E-state index contributed by atoms with van der Waals surface area (Å²) in [7, 11) is 0. The molecule has 0 bridgehead atoms. The van der Waals surface area contributed by atoms with Crippen LogP contribution in [0.1, 0.15) is 49.2 Å². The summed E-state index contributed by atoms with van der Waals surface area (Å²) in [6.07, 6.45) is 4.84. The predicted molar refractivity (Wildman–Crippen MR) is 80.7 cm³/mol. The summed E-state index contributed by atoms with van der Waals surface area (Å²) in [5.41, 5.74) is 1.27. The van der Waals surface area contributed by atoms with Crippen molar-refractivity contribution in [2.75, 3.05) is 13.2 Å². The fraction of sp³-hybridized carbons (Fsp3) is 0.800. The minimum absolute atomic E-state index is 0.410. The summed E-state index contributed by atoms with van der Waals surface area (Å²) in [6.45, 7) is 9.63. The van der Waals surface area contributed by atoms with Crippen LogP contribution in [0, 0.1) is 5.92 Å². The molecule has 19 heavy (non-hydrogen) atoms. The van der Waals surface area contributed by atoms with Crippen molar-refractivity contribution in [3.63, 3.8) is 0 Å². The van der Waals surface area contributed by atoms with E-state index in [4.69, 9.17) is 9.72 Å². The standard InChI is InChI=1S/C15H26N2OS/c1-4-13-14(10-16-9-11(2)3)19-15(17-13)8-12-6-5-7-18-12/h11-12,16H,4-10H2,1-3H3. The van der Waals surface area contributed by atoms with Gasteiger partial charge in [0.15, 0.2) is 0 Å². The van der Waals surface area contributed by atoms with E-state index in [0.29, 0.717) is 12.0 Å². The Hall–Kier alpha value is -0.450. The van der Waals surface area contributed by atoms with Crippen molar-refractivity contribution < 1.29 is 4.74 Å². The van der Waals surface area contributed by atoms with Gasteiger partial charge in [0.2, 0.25) is 0 Å². The molecular formula is C15H26N2OS. The fourth-order valence-electron chi connectivity index (χ4n) is 2.41. The maximum Gasteiger partial charge on any atom is 0.0957 e. The van der Waals surface area contributed by atoms with Gasteiger partial charge in [0.1, 0.15) is 0 Å². The van der Waals surface area contributed by atoms with E-state index in [1.165, 1.54) is 28.4 Å². The van der Waals surface area contributed by atoms with Crippen molar-refractivity contribution in [3.05, 3.63) is 15.6 Å². The van der Waals surface area contributed by atoms with Crippen LogP contribution in [0.15, 0.2) is 0 Å². The van der Waals surface area contributed by atoms with Crippen LogP contribution in [-0.4, -0.2) is 24.2 Å². The van der Waals surface area contributed by atoms with Crippen molar-refractivity contribution >= 4 is 11.3 Å². The van der Waals surface area contributed by atoms with Crippen LogP contribution in [0.5, 0.6) is 0 Å². The van der Waals surface area contributed by atoms with Crippen LogP contribution in [-0.2, 0) is 24.1 Å². The van der Waals surface area contributed by atoms with E-state index in [1.807, 2.05) is 11.3 Å². The highest BCUT2D eigenvalue weighted by molar-refractivity contribution is 7.11. The van der Waals surface area contributed by atoms with Crippen LogP contribution in [0.2, 0.25) is 0 Å². The minimum atomic E-state index is 0.410. The zero-order chi connectivity index (χ0) is 13.7. The Bertz CT molecular complexity index is 383. The number of nitrogens with zero attached hydrogens (tertiary/aromatic N) is 1. The van der Waals surface area contributed by atoms with E-state index < -0.39 is 0 Å². The van der Waals surface area contributed by atoms with E-state index in [0.717, 1.165) is 32.5 Å². The molecule has 2 rings (SSSR count). The number of aromatic nitrogens is 1. The van der Waals surface area contributed by atoms with E-state index >= 15 is 0 Å². The third-order valence-corrected chi connectivity index (χ3v) is 4.54. The topological polar surface area (TPSA) is 34.1 Å². The Kier molecular flexibility index (Phi) is 5.79. The first-order valence-electron chi connectivity index (χ1n) is 7.48. The summed E-state index contributed by atoms with van der Waals surface area (Å²) in [5, 5.41) is 4.78. The number of rotatable bonds is 7. The molecule has 0 radical (unpaired) electrons. The number of nitrogens with one attached hydrogen (secondary N) is 1. The Balaban J connectivity index is 1.91. The van der Waals surface area contributed by atoms with Crippen LogP contribution in [0.25, 0.3) is 0 Å². The minimum Gasteiger partial charge on any atom is -0.378 e. The molecule has 1 unspecified atom stereocenters. The Morgan fingerprint density at radius 2 is 2.32 bits per heavy atom. The monoisotopic (exact) mass is 282 g/mol. The number of hydrogen-bond acceptors (Lipinski definition) is 4. The Labute approximate surface area is 120 Å². The van der Waals surface area contributed by atoms with Crippen LogP contribution in [0.4, 0.5) is 0 Å². The summed E-state index contributed by atoms with van der Waals surface area (Å²) in [5.74, 6) is 0.698. The first-order valence-corrected chi connectivity index (χ1v) is 8.30. The van der Waals surface area contributed by atoms with Gasteiger partial charge in [-0.2, -0.15) is 0 Å². The number of hydrogen-bond donors (Lipinski definition) is 1. The van der Waals surface area contributed by atoms with Gasteiger partial charge < -0.3 is 10.1 Å². The van der Waals surface area contributed by atoms with Gasteiger partial charge in [0.05, 0.1) is 16.8 Å². The molecule has 2 heterocycles. The number of thiazole rings is 1. The molecule has 0 amide bonds. The molecule has 4 heteroatoms. The van der Waals surface area contributed by atoms with Gasteiger partial charge in [0, 0.05) is 24.4 Å². The quantitative estimate of drug-likeness (QED) is 0.834. The molecule has 1 fully saturated rings. The average molecular weight is 282 g/mol. The molecule has 1 atom stereocenters. The first-order chi connectivity index (χ1) is 9.19. The lowest BCUT2D eigenvalue weighted by Gasteiger charge is -2.06. The molecule has 0 aromatic carbocycles. The lowest BCUT2D eigenvalue weighted by Crippen LogP contribution is -2.18. The molecule has 1 aliphatic rings. The Morgan fingerprint density at radius 3 is 2.95 bits per heavy atom. The van der Waals surface area contributed by atoms with Crippen LogP contribution < -0.4 is 5.32 Å². The average Bonchev–Trinajstić information content (AvgIpc) is 2.99. The van der Waals surface area contributed by atoms with Gasteiger partial charge in [-0.25, -0.2) is 4.98 Å². The number of aryl methyl sites for hydroxylation is 1. The van der Waals surface area contributed by atoms with Crippen molar-refractivity contribution in [2.24, 2.45) is 5.92 Å². The van der Waals surface area contributed by atoms with Gasteiger partial charge in [-0.15, -0.1) is 11.3 Å². The zero-order valence-electron chi connectivity index (χ0n) is 12.4. The second kappa shape index (κ2) is 7.36. The molecule has 1 N–H and O–H groups in total. The number of ether oxygens (including phenoxy) is 1. The third kappa shape index (κ3) is 4.55. The second-order valence-corrected chi connectivity index (χ2v) is 6.86. The Morgan fingerprint density at radius 1 is 1.47 bits per heavy atom. The predicted octanol–water partition coefficient (Wildman–Crippen LogP) is 3.17. The first kappa shape index (κ1) is 14.9. The van der Waals surface area contributed by atoms with Gasteiger partial charge in [0.25, 0.3) is 0 Å². The van der Waals surface area contributed by atoms with Crippen molar-refractivity contribution in [1.29, 1.82) is 0 Å². The highest BCUT2D eigenvalue weighted by Gasteiger charge is 2.19. The highest BCUT2D eigenvalue weighted by Crippen LogP contribution is 2.24. The highest BCUT2D eigenvalue weighted by atomic mass is 32.1. The van der Waals surface area contributed by atoms with E-state index in [1.54, 1.807) is 0 Å². The summed E-state index contributed by atoms with van der Waals surface area (Å²) in [6, 6.07) is 0. The smallest absolute Gasteiger partial charge is 0.0957 e. The lowest BCUT2D eigenvalue weighted by atomic mass is 10.2. The molecule has 1 saturated heterocycles. The molecule has 1 aromatic heterocycles. The summed E-state index contributed by atoms with van der Waals surface area (Å²) < 4.78 is 5.70. The molecule has 1 aliphatic heterocycles. The van der Waals surface area contributed by atoms with E-state index in [2.05, 4.69) is 26.1 Å². The van der Waals surface area contributed by atoms with E-state index in [9.17, 15) is 0 Å². The molecule has 0 spiro atoms. The van der Waals surface area contributed by atoms with Crippen LogP contribution >= 0.6 is 11.3 Å². The van der Waals surface area contributed by atoms with Gasteiger partial charge in [-0.1, -0.05) is 20.8 Å². The largest absolute Gasteiger partial charge is 0.378 e. The molecule has 0 aliphatic carbocycles. The molecule has 108 valence electrons. The maximum absolute atomic E-state index is 5.70. The van der Waals surface area contributed by atoms with Crippen LogP contribution in [0.3, 0.4) is 0 Å². The van der Waals surface area contributed by atoms with Crippen molar-refractivity contribution in [1.82, 2.24) is 10.3 Å². The maximum atomic E-state index is 5.70. The van der Waals surface area contributed by atoms with E-state index in [-0.39, 0.29) is 0 Å². The zero-order valence-corrected chi connectivity index (χ0v) is 13.2. The fourth-order valence-corrected chi connectivity index (χ4v) is 3.60. The molecule has 3 nitrogen and oxygen atoms in total. The van der Waals surface area contributed by atoms with Gasteiger partial charge >= 0.3 is 0 Å². The molecule has 1 aromatic rings. The van der Waals surface area contributed by atoms with Gasteiger partial charge in [-0.05, 0) is 31.7 Å². The molecular weight excluding hydrogens is 256 g/mol. The normalized spacial score (nSPS) is 19.5.